The molecule has 0 aromatic carbocycles. The first-order chi connectivity index (χ1) is 10.5. The first-order valence-electron chi connectivity index (χ1n) is 7.90. The van der Waals surface area contributed by atoms with Crippen molar-refractivity contribution in [3.8, 4) is 0 Å². The van der Waals surface area contributed by atoms with Gasteiger partial charge in [0, 0.05) is 44.8 Å². The van der Waals surface area contributed by atoms with E-state index in [-0.39, 0.29) is 23.0 Å². The molecule has 3 rings (SSSR count). The van der Waals surface area contributed by atoms with E-state index in [2.05, 4.69) is 0 Å². The van der Waals surface area contributed by atoms with Crippen LogP contribution in [-0.4, -0.2) is 88.4 Å². The Hall–Kier alpha value is -0.860. The second-order valence-electron chi connectivity index (χ2n) is 6.51. The third-order valence-electron chi connectivity index (χ3n) is 4.88. The van der Waals surface area contributed by atoms with E-state index < -0.39 is 9.84 Å². The van der Waals surface area contributed by atoms with Crippen LogP contribution in [0.4, 0.5) is 4.79 Å². The van der Waals surface area contributed by atoms with Crippen LogP contribution in [0.3, 0.4) is 0 Å². The zero-order chi connectivity index (χ0) is 15.6. The average molecular weight is 332 g/mol. The Morgan fingerprint density at radius 2 is 1.59 bits per heavy atom. The molecule has 3 aliphatic rings. The summed E-state index contributed by atoms with van der Waals surface area (Å²) in [5.74, 6) is 0.143. The molecule has 1 spiro atoms. The topological polar surface area (TPSA) is 76.2 Å². The highest BCUT2D eigenvalue weighted by atomic mass is 32.2. The van der Waals surface area contributed by atoms with Gasteiger partial charge in [0.05, 0.1) is 24.7 Å². The first kappa shape index (κ1) is 16.0. The lowest BCUT2D eigenvalue weighted by atomic mass is 9.80. The molecule has 2 amide bonds. The van der Waals surface area contributed by atoms with Crippen molar-refractivity contribution in [1.29, 1.82) is 0 Å². The molecule has 22 heavy (non-hydrogen) atoms. The van der Waals surface area contributed by atoms with Crippen molar-refractivity contribution in [2.24, 2.45) is 5.41 Å². The third-order valence-corrected chi connectivity index (χ3v) is 6.49. The Bertz CT molecular complexity index is 501. The molecular weight excluding hydrogens is 308 g/mol. The minimum Gasteiger partial charge on any atom is -0.381 e. The number of hydrogen-bond donors (Lipinski definition) is 0. The van der Waals surface area contributed by atoms with E-state index in [1.54, 1.807) is 4.90 Å². The van der Waals surface area contributed by atoms with Gasteiger partial charge in [0.25, 0.3) is 0 Å². The summed E-state index contributed by atoms with van der Waals surface area (Å²) in [6.07, 6.45) is 1.82. The predicted molar refractivity (Wildman–Crippen MR) is 80.5 cm³/mol. The molecule has 0 aromatic rings. The van der Waals surface area contributed by atoms with Crippen LogP contribution >= 0.6 is 0 Å². The van der Waals surface area contributed by atoms with Crippen molar-refractivity contribution in [1.82, 2.24) is 9.80 Å². The predicted octanol–water partition coefficient (Wildman–Crippen LogP) is -0.0342. The van der Waals surface area contributed by atoms with Crippen molar-refractivity contribution in [3.05, 3.63) is 0 Å². The quantitative estimate of drug-likeness (QED) is 0.622. The van der Waals surface area contributed by atoms with Crippen LogP contribution in [0.15, 0.2) is 0 Å². The number of sulfone groups is 1. The zero-order valence-corrected chi connectivity index (χ0v) is 13.6. The van der Waals surface area contributed by atoms with E-state index in [9.17, 15) is 13.2 Å². The summed E-state index contributed by atoms with van der Waals surface area (Å²) in [6.45, 7) is 4.50. The van der Waals surface area contributed by atoms with E-state index in [0.717, 1.165) is 12.8 Å². The van der Waals surface area contributed by atoms with Crippen LogP contribution in [0.5, 0.6) is 0 Å². The van der Waals surface area contributed by atoms with Crippen molar-refractivity contribution in [2.45, 2.75) is 12.8 Å². The summed E-state index contributed by atoms with van der Waals surface area (Å²) in [5, 5.41) is 0. The maximum atomic E-state index is 12.7. The van der Waals surface area contributed by atoms with Crippen LogP contribution in [0.1, 0.15) is 12.8 Å². The number of carbonyl (C=O) groups is 1. The molecule has 3 fully saturated rings. The molecule has 0 bridgehead atoms. The van der Waals surface area contributed by atoms with Crippen LogP contribution in [0.2, 0.25) is 0 Å². The molecule has 0 aromatic heterocycles. The summed E-state index contributed by atoms with van der Waals surface area (Å²) in [7, 11) is -2.97. The van der Waals surface area contributed by atoms with Crippen LogP contribution in [-0.2, 0) is 19.3 Å². The molecule has 0 aliphatic carbocycles. The van der Waals surface area contributed by atoms with Gasteiger partial charge in [-0.1, -0.05) is 0 Å². The van der Waals surface area contributed by atoms with E-state index in [1.807, 2.05) is 4.90 Å². The van der Waals surface area contributed by atoms with Gasteiger partial charge in [0.2, 0.25) is 0 Å². The molecule has 3 heterocycles. The Morgan fingerprint density at radius 3 is 2.27 bits per heavy atom. The average Bonchev–Trinajstić information content (AvgIpc) is 2.70. The molecule has 126 valence electrons. The summed E-state index contributed by atoms with van der Waals surface area (Å²) in [4.78, 5) is 16.2. The highest BCUT2D eigenvalue weighted by Crippen LogP contribution is 2.33. The third kappa shape index (κ3) is 3.55. The maximum Gasteiger partial charge on any atom is 0.320 e. The standard InChI is InChI=1S/C14H24N2O5S/c17-13(15-4-9-22(18,19)10-5-15)16-3-8-21-12-14(11-16)1-6-20-7-2-14/h1-12H2. The van der Waals surface area contributed by atoms with Gasteiger partial charge in [-0.15, -0.1) is 0 Å². The highest BCUT2D eigenvalue weighted by Gasteiger charge is 2.39. The molecule has 7 nitrogen and oxygen atoms in total. The fourth-order valence-corrected chi connectivity index (χ4v) is 4.57. The summed E-state index contributed by atoms with van der Waals surface area (Å²) >= 11 is 0. The Kier molecular flexibility index (Phi) is 4.61. The number of nitrogens with zero attached hydrogens (tertiary/aromatic N) is 2. The summed E-state index contributed by atoms with van der Waals surface area (Å²) in [5.41, 5.74) is -0.00767. The van der Waals surface area contributed by atoms with Gasteiger partial charge >= 0.3 is 6.03 Å². The largest absolute Gasteiger partial charge is 0.381 e. The number of carbonyl (C=O) groups excluding carboxylic acids is 1. The molecule has 8 heteroatoms. The Morgan fingerprint density at radius 1 is 0.909 bits per heavy atom. The van der Waals surface area contributed by atoms with E-state index in [1.165, 1.54) is 0 Å². The van der Waals surface area contributed by atoms with Gasteiger partial charge in [-0.2, -0.15) is 0 Å². The summed E-state index contributed by atoms with van der Waals surface area (Å²) in [6, 6.07) is -0.0498. The van der Waals surface area contributed by atoms with Crippen LogP contribution in [0, 0.1) is 5.41 Å². The lowest BCUT2D eigenvalue weighted by Gasteiger charge is -2.40. The van der Waals surface area contributed by atoms with Crippen molar-refractivity contribution < 1.29 is 22.7 Å². The summed E-state index contributed by atoms with van der Waals surface area (Å²) < 4.78 is 34.2. The van der Waals surface area contributed by atoms with Gasteiger partial charge in [0.15, 0.2) is 9.84 Å². The normalized spacial score (nSPS) is 28.4. The number of hydrogen-bond acceptors (Lipinski definition) is 5. The lowest BCUT2D eigenvalue weighted by Crippen LogP contribution is -2.53. The number of rotatable bonds is 0. The van der Waals surface area contributed by atoms with Crippen LogP contribution in [0.25, 0.3) is 0 Å². The molecular formula is C14H24N2O5S. The van der Waals surface area contributed by atoms with Crippen LogP contribution < -0.4 is 0 Å². The fourth-order valence-electron chi connectivity index (χ4n) is 3.37. The van der Waals surface area contributed by atoms with E-state index in [4.69, 9.17) is 9.47 Å². The number of urea groups is 1. The molecule has 0 N–H and O–H groups in total. The first-order valence-corrected chi connectivity index (χ1v) is 9.72. The van der Waals surface area contributed by atoms with Crippen molar-refractivity contribution in [2.75, 3.05) is 64.1 Å². The lowest BCUT2D eigenvalue weighted by molar-refractivity contribution is -0.0301. The van der Waals surface area contributed by atoms with Gasteiger partial charge in [0.1, 0.15) is 0 Å². The molecule has 0 saturated carbocycles. The van der Waals surface area contributed by atoms with E-state index in [0.29, 0.717) is 52.6 Å². The monoisotopic (exact) mass is 332 g/mol. The Balaban J connectivity index is 1.66. The zero-order valence-electron chi connectivity index (χ0n) is 12.8. The van der Waals surface area contributed by atoms with Gasteiger partial charge < -0.3 is 19.3 Å². The maximum absolute atomic E-state index is 12.7. The number of amides is 2. The van der Waals surface area contributed by atoms with Crippen molar-refractivity contribution in [3.63, 3.8) is 0 Å². The molecule has 3 saturated heterocycles. The number of ether oxygens (including phenoxy) is 2. The molecule has 0 radical (unpaired) electrons. The SMILES string of the molecule is O=C(N1CCS(=O)(=O)CC1)N1CCOCC2(CCOCC2)C1. The minimum atomic E-state index is -2.97. The smallest absolute Gasteiger partial charge is 0.320 e. The molecule has 3 aliphatic heterocycles. The Labute approximate surface area is 131 Å². The van der Waals surface area contributed by atoms with Gasteiger partial charge in [-0.05, 0) is 12.8 Å². The van der Waals surface area contributed by atoms with Gasteiger partial charge in [-0.3, -0.25) is 0 Å². The minimum absolute atomic E-state index is 0.00767. The molecule has 0 unspecified atom stereocenters. The van der Waals surface area contributed by atoms with Crippen molar-refractivity contribution >= 4 is 15.9 Å². The highest BCUT2D eigenvalue weighted by molar-refractivity contribution is 7.91. The second-order valence-corrected chi connectivity index (χ2v) is 8.81. The fraction of sp³-hybridized carbons (Fsp3) is 0.929. The van der Waals surface area contributed by atoms with Gasteiger partial charge in [-0.25, -0.2) is 13.2 Å². The second kappa shape index (κ2) is 6.33. The molecule has 0 atom stereocenters. The van der Waals surface area contributed by atoms with E-state index >= 15 is 0 Å².